The molecule has 1 saturated heterocycles. The molecular weight excluding hydrogens is 381 g/mol. The number of aromatic nitrogens is 1. The Morgan fingerprint density at radius 2 is 1.90 bits per heavy atom. The maximum atomic E-state index is 12.9. The maximum absolute atomic E-state index is 12.9. The number of ether oxygens (including phenoxy) is 1. The molecule has 3 rings (SSSR count). The Labute approximate surface area is 179 Å². The lowest BCUT2D eigenvalue weighted by Gasteiger charge is -2.32. The number of carbonyl (C=O) groups is 1. The second-order valence-corrected chi connectivity index (χ2v) is 10.3. The van der Waals surface area contributed by atoms with Gasteiger partial charge in [0.05, 0.1) is 17.3 Å². The summed E-state index contributed by atoms with van der Waals surface area (Å²) in [4.78, 5) is 19.0. The molecule has 0 N–H and O–H groups in total. The molecule has 162 valence electrons. The van der Waals surface area contributed by atoms with E-state index in [0.29, 0.717) is 18.8 Å². The Balaban J connectivity index is 2.03. The van der Waals surface area contributed by atoms with Gasteiger partial charge >= 0.3 is 13.2 Å². The van der Waals surface area contributed by atoms with Gasteiger partial charge in [0.2, 0.25) is 0 Å². The van der Waals surface area contributed by atoms with Crippen LogP contribution in [0.25, 0.3) is 0 Å². The zero-order chi connectivity index (χ0) is 22.5. The lowest BCUT2D eigenvalue weighted by Crippen LogP contribution is -2.41. The van der Waals surface area contributed by atoms with Crippen LogP contribution in [0.3, 0.4) is 0 Å². The summed E-state index contributed by atoms with van der Waals surface area (Å²) >= 11 is 0. The minimum atomic E-state index is -0.618. The number of nitrogens with zero attached hydrogens (tertiary/aromatic N) is 3. The third-order valence-electron chi connectivity index (χ3n) is 6.41. The summed E-state index contributed by atoms with van der Waals surface area (Å²) < 4.78 is 18.0. The normalized spacial score (nSPS) is 24.5. The minimum Gasteiger partial charge on any atom is -0.443 e. The van der Waals surface area contributed by atoms with Crippen LogP contribution >= 0.6 is 0 Å². The van der Waals surface area contributed by atoms with Gasteiger partial charge < -0.3 is 14.0 Å². The lowest BCUT2D eigenvalue weighted by atomic mass is 9.73. The molecule has 2 aliphatic rings. The summed E-state index contributed by atoms with van der Waals surface area (Å²) in [5.41, 5.74) is -0.402. The topological polar surface area (TPSA) is 84.7 Å². The van der Waals surface area contributed by atoms with Crippen LogP contribution in [0.5, 0.6) is 0 Å². The number of pyridine rings is 1. The molecule has 1 unspecified atom stereocenters. The molecule has 1 fully saturated rings. The summed E-state index contributed by atoms with van der Waals surface area (Å²) in [6.45, 7) is 15.9. The van der Waals surface area contributed by atoms with Crippen molar-refractivity contribution in [2.45, 2.75) is 90.4 Å². The minimum absolute atomic E-state index is 0.282. The molecule has 8 heteroatoms. The molecule has 1 aromatic rings. The number of fused-ring (bicyclic) bond motifs is 1. The molecule has 1 aromatic heterocycles. The van der Waals surface area contributed by atoms with Crippen molar-refractivity contribution in [3.63, 3.8) is 0 Å². The number of anilines is 1. The van der Waals surface area contributed by atoms with Gasteiger partial charge in [-0.05, 0) is 54.9 Å². The number of hydrogen-bond acceptors (Lipinski definition) is 6. The Kier molecular flexibility index (Phi) is 5.45. The van der Waals surface area contributed by atoms with Gasteiger partial charge in [-0.15, -0.1) is 0 Å². The van der Waals surface area contributed by atoms with Crippen LogP contribution in [0.1, 0.15) is 73.8 Å². The zero-order valence-electron chi connectivity index (χ0n) is 19.3. The fraction of sp³-hybridized carbons (Fsp3) is 0.682. The van der Waals surface area contributed by atoms with Gasteiger partial charge in [0.15, 0.2) is 0 Å². The molecule has 1 atom stereocenters. The first kappa shape index (κ1) is 22.6. The smallest absolute Gasteiger partial charge is 0.443 e. The van der Waals surface area contributed by atoms with Crippen molar-refractivity contribution in [1.29, 1.82) is 5.26 Å². The highest BCUT2D eigenvalue weighted by molar-refractivity contribution is 6.62. The number of amides is 1. The average molecular weight is 413 g/mol. The van der Waals surface area contributed by atoms with E-state index in [1.54, 1.807) is 11.1 Å². The molecule has 1 amide bonds. The number of carbonyl (C=O) groups excluding carboxylic acids is 1. The van der Waals surface area contributed by atoms with E-state index < -0.39 is 35.4 Å². The summed E-state index contributed by atoms with van der Waals surface area (Å²) in [7, 11) is -0.556. The van der Waals surface area contributed by atoms with E-state index in [9.17, 15) is 10.1 Å². The molecule has 0 bridgehead atoms. The first-order chi connectivity index (χ1) is 13.8. The van der Waals surface area contributed by atoms with E-state index in [1.165, 1.54) is 0 Å². The fourth-order valence-electron chi connectivity index (χ4n) is 3.85. The Morgan fingerprint density at radius 3 is 2.40 bits per heavy atom. The van der Waals surface area contributed by atoms with Crippen LogP contribution < -0.4 is 10.4 Å². The molecule has 0 aliphatic carbocycles. The summed E-state index contributed by atoms with van der Waals surface area (Å²) in [5, 5.41) is 9.52. The first-order valence-corrected chi connectivity index (χ1v) is 10.5. The van der Waals surface area contributed by atoms with Crippen LogP contribution in [0, 0.1) is 11.3 Å². The van der Waals surface area contributed by atoms with Crippen molar-refractivity contribution in [1.82, 2.24) is 4.98 Å². The van der Waals surface area contributed by atoms with Crippen molar-refractivity contribution < 1.29 is 18.8 Å². The predicted molar refractivity (Wildman–Crippen MR) is 116 cm³/mol. The van der Waals surface area contributed by atoms with Gasteiger partial charge in [0, 0.05) is 35.6 Å². The van der Waals surface area contributed by atoms with E-state index in [1.807, 2.05) is 61.5 Å². The highest BCUT2D eigenvalue weighted by Gasteiger charge is 2.53. The van der Waals surface area contributed by atoms with Crippen molar-refractivity contribution in [2.75, 3.05) is 11.4 Å². The lowest BCUT2D eigenvalue weighted by molar-refractivity contribution is 0.00578. The molecule has 30 heavy (non-hydrogen) atoms. The Hall–Kier alpha value is -2.11. The molecule has 3 heterocycles. The third-order valence-corrected chi connectivity index (χ3v) is 6.41. The molecule has 7 nitrogen and oxygen atoms in total. The van der Waals surface area contributed by atoms with E-state index >= 15 is 0 Å². The SMILES string of the molecule is CCC1(CC#N)CN(C(=O)OC(C)(C)C)c2ncc(B3OC(C)(C)C(C)(C)O3)cc21. The molecule has 0 saturated carbocycles. The Morgan fingerprint density at radius 1 is 1.30 bits per heavy atom. The maximum Gasteiger partial charge on any atom is 0.496 e. The van der Waals surface area contributed by atoms with E-state index in [2.05, 4.69) is 11.1 Å². The molecule has 0 aromatic carbocycles. The predicted octanol–water partition coefficient (Wildman–Crippen LogP) is 3.70. The Bertz CT molecular complexity index is 871. The van der Waals surface area contributed by atoms with Gasteiger partial charge in [-0.1, -0.05) is 13.0 Å². The second-order valence-electron chi connectivity index (χ2n) is 10.3. The van der Waals surface area contributed by atoms with E-state index in [4.69, 9.17) is 14.0 Å². The van der Waals surface area contributed by atoms with Crippen molar-refractivity contribution in [3.8, 4) is 6.07 Å². The fourth-order valence-corrected chi connectivity index (χ4v) is 3.85. The first-order valence-electron chi connectivity index (χ1n) is 10.5. The number of hydrogen-bond donors (Lipinski definition) is 0. The number of nitriles is 1. The van der Waals surface area contributed by atoms with Crippen molar-refractivity contribution in [2.24, 2.45) is 0 Å². The van der Waals surface area contributed by atoms with E-state index in [-0.39, 0.29) is 6.42 Å². The second kappa shape index (κ2) is 7.24. The number of rotatable bonds is 3. The van der Waals surface area contributed by atoms with Crippen molar-refractivity contribution >= 4 is 24.5 Å². The zero-order valence-corrected chi connectivity index (χ0v) is 19.3. The monoisotopic (exact) mass is 413 g/mol. The molecule has 0 radical (unpaired) electrons. The van der Waals surface area contributed by atoms with Crippen LogP contribution in [0.2, 0.25) is 0 Å². The molecular formula is C22H32BN3O4. The highest BCUT2D eigenvalue weighted by atomic mass is 16.7. The van der Waals surface area contributed by atoms with Crippen LogP contribution in [0.15, 0.2) is 12.3 Å². The quantitative estimate of drug-likeness (QED) is 0.703. The van der Waals surface area contributed by atoms with Crippen LogP contribution in [-0.4, -0.2) is 41.5 Å². The standard InChI is InChI=1S/C22H32BN3O4/c1-9-22(10-11-24)14-26(18(27)28-19(2,3)4)17-16(22)12-15(13-25-17)23-29-20(5,6)21(7,8)30-23/h12-13H,9-10,14H2,1-8H3. The highest BCUT2D eigenvalue weighted by Crippen LogP contribution is 2.44. The average Bonchev–Trinajstić information content (AvgIpc) is 3.05. The van der Waals surface area contributed by atoms with Gasteiger partial charge in [-0.25, -0.2) is 9.78 Å². The summed E-state index contributed by atoms with van der Waals surface area (Å²) in [6, 6.07) is 4.28. The van der Waals surface area contributed by atoms with Gasteiger partial charge in [0.1, 0.15) is 11.4 Å². The molecule has 0 spiro atoms. The van der Waals surface area contributed by atoms with Crippen molar-refractivity contribution in [3.05, 3.63) is 17.8 Å². The van der Waals surface area contributed by atoms with Crippen LogP contribution in [0.4, 0.5) is 10.6 Å². The van der Waals surface area contributed by atoms with Gasteiger partial charge in [-0.3, -0.25) is 4.90 Å². The van der Waals surface area contributed by atoms with Gasteiger partial charge in [-0.2, -0.15) is 5.26 Å². The molecule has 2 aliphatic heterocycles. The van der Waals surface area contributed by atoms with Crippen LogP contribution in [-0.2, 0) is 19.5 Å². The van der Waals surface area contributed by atoms with Gasteiger partial charge in [0.25, 0.3) is 0 Å². The van der Waals surface area contributed by atoms with E-state index in [0.717, 1.165) is 11.0 Å². The third kappa shape index (κ3) is 3.81. The summed E-state index contributed by atoms with van der Waals surface area (Å²) in [6.07, 6.45) is 2.22. The summed E-state index contributed by atoms with van der Waals surface area (Å²) in [5.74, 6) is 0.543. The largest absolute Gasteiger partial charge is 0.496 e.